The Morgan fingerprint density at radius 1 is 1.38 bits per heavy atom. The monoisotopic (exact) mass is 341 g/mol. The SMILES string of the molecule is Cn1c(CNC(=O)C2Cc3ccccc3S2)nc2cc(F)ccc21. The molecule has 6 heteroatoms. The highest BCUT2D eigenvalue weighted by Gasteiger charge is 2.27. The molecule has 1 amide bonds. The van der Waals surface area contributed by atoms with Crippen LogP contribution in [-0.4, -0.2) is 20.7 Å². The number of aryl methyl sites for hydroxylation is 1. The summed E-state index contributed by atoms with van der Waals surface area (Å²) in [6, 6.07) is 12.6. The number of imidazole rings is 1. The first-order valence-electron chi connectivity index (χ1n) is 7.75. The van der Waals surface area contributed by atoms with E-state index < -0.39 is 0 Å². The van der Waals surface area contributed by atoms with Crippen molar-refractivity contribution in [2.45, 2.75) is 23.1 Å². The summed E-state index contributed by atoms with van der Waals surface area (Å²) in [5, 5.41) is 2.85. The largest absolute Gasteiger partial charge is 0.348 e. The van der Waals surface area contributed by atoms with Gasteiger partial charge in [0.15, 0.2) is 0 Å². The Labute approximate surface area is 143 Å². The van der Waals surface area contributed by atoms with Crippen molar-refractivity contribution < 1.29 is 9.18 Å². The minimum Gasteiger partial charge on any atom is -0.348 e. The number of hydrogen-bond acceptors (Lipinski definition) is 3. The normalized spacial score (nSPS) is 16.3. The summed E-state index contributed by atoms with van der Waals surface area (Å²) in [6.45, 7) is 0.332. The van der Waals surface area contributed by atoms with Gasteiger partial charge in [-0.05, 0) is 30.2 Å². The summed E-state index contributed by atoms with van der Waals surface area (Å²) in [4.78, 5) is 18.0. The molecule has 122 valence electrons. The van der Waals surface area contributed by atoms with Gasteiger partial charge in [-0.25, -0.2) is 9.37 Å². The molecule has 4 nitrogen and oxygen atoms in total. The summed E-state index contributed by atoms with van der Waals surface area (Å²) in [6.07, 6.45) is 0.750. The standard InChI is InChI=1S/C18H16FN3OS/c1-22-14-7-6-12(19)9-13(14)21-17(22)10-20-18(23)16-8-11-4-2-3-5-15(11)24-16/h2-7,9,16H,8,10H2,1H3,(H,20,23). The number of fused-ring (bicyclic) bond motifs is 2. The lowest BCUT2D eigenvalue weighted by Gasteiger charge is -2.10. The molecule has 3 aromatic rings. The van der Waals surface area contributed by atoms with Gasteiger partial charge in [0.1, 0.15) is 11.6 Å². The molecule has 2 aromatic carbocycles. The third-order valence-corrected chi connectivity index (χ3v) is 5.61. The second-order valence-corrected chi connectivity index (χ2v) is 7.10. The van der Waals surface area contributed by atoms with Gasteiger partial charge in [0.2, 0.25) is 5.91 Å². The van der Waals surface area contributed by atoms with Crippen molar-refractivity contribution >= 4 is 28.7 Å². The molecule has 0 spiro atoms. The van der Waals surface area contributed by atoms with Crippen LogP contribution in [0, 0.1) is 5.82 Å². The summed E-state index contributed by atoms with van der Waals surface area (Å²) in [5.74, 6) is 0.412. The number of nitrogens with one attached hydrogen (secondary N) is 1. The van der Waals surface area contributed by atoms with Crippen molar-refractivity contribution in [3.05, 3.63) is 59.7 Å². The van der Waals surface area contributed by atoms with E-state index in [9.17, 15) is 9.18 Å². The van der Waals surface area contributed by atoms with Gasteiger partial charge in [0.05, 0.1) is 22.8 Å². The van der Waals surface area contributed by atoms with Gasteiger partial charge >= 0.3 is 0 Å². The second-order valence-electron chi connectivity index (χ2n) is 5.86. The van der Waals surface area contributed by atoms with Gasteiger partial charge in [0, 0.05) is 18.0 Å². The van der Waals surface area contributed by atoms with Crippen LogP contribution in [0.25, 0.3) is 11.0 Å². The van der Waals surface area contributed by atoms with Crippen molar-refractivity contribution in [3.8, 4) is 0 Å². The first-order valence-corrected chi connectivity index (χ1v) is 8.63. The highest BCUT2D eigenvalue weighted by Crippen LogP contribution is 2.36. The molecule has 0 radical (unpaired) electrons. The van der Waals surface area contributed by atoms with Crippen LogP contribution in [0.1, 0.15) is 11.4 Å². The highest BCUT2D eigenvalue weighted by molar-refractivity contribution is 8.01. The van der Waals surface area contributed by atoms with E-state index in [1.165, 1.54) is 22.6 Å². The average Bonchev–Trinajstić information content (AvgIpc) is 3.14. The van der Waals surface area contributed by atoms with E-state index in [0.29, 0.717) is 17.9 Å². The summed E-state index contributed by atoms with van der Waals surface area (Å²) >= 11 is 1.60. The van der Waals surface area contributed by atoms with Crippen molar-refractivity contribution in [3.63, 3.8) is 0 Å². The molecule has 1 aromatic heterocycles. The number of aromatic nitrogens is 2. The number of amides is 1. The van der Waals surface area contributed by atoms with E-state index in [1.807, 2.05) is 29.8 Å². The van der Waals surface area contributed by atoms with Crippen LogP contribution in [0.3, 0.4) is 0 Å². The van der Waals surface area contributed by atoms with Crippen LogP contribution in [-0.2, 0) is 24.8 Å². The van der Waals surface area contributed by atoms with Crippen molar-refractivity contribution in [2.24, 2.45) is 7.05 Å². The number of carbonyl (C=O) groups excluding carboxylic acids is 1. The molecule has 1 aliphatic heterocycles. The predicted octanol–water partition coefficient (Wildman–Crippen LogP) is 3.05. The molecule has 0 saturated heterocycles. The Morgan fingerprint density at radius 2 is 2.21 bits per heavy atom. The highest BCUT2D eigenvalue weighted by atomic mass is 32.2. The molecule has 4 rings (SSSR count). The summed E-state index contributed by atoms with van der Waals surface area (Å²) in [5.41, 5.74) is 2.67. The topological polar surface area (TPSA) is 46.9 Å². The molecule has 1 atom stereocenters. The average molecular weight is 341 g/mol. The molecule has 1 unspecified atom stereocenters. The Hall–Kier alpha value is -2.34. The number of benzene rings is 2. The first-order chi connectivity index (χ1) is 11.6. The molecule has 2 heterocycles. The number of halogens is 1. The Bertz CT molecular complexity index is 912. The quantitative estimate of drug-likeness (QED) is 0.796. The summed E-state index contributed by atoms with van der Waals surface area (Å²) in [7, 11) is 1.87. The van der Waals surface area contributed by atoms with Gasteiger partial charge in [-0.15, -0.1) is 11.8 Å². The predicted molar refractivity (Wildman–Crippen MR) is 92.3 cm³/mol. The van der Waals surface area contributed by atoms with Gasteiger partial charge in [-0.2, -0.15) is 0 Å². The zero-order valence-electron chi connectivity index (χ0n) is 13.1. The molecule has 0 saturated carbocycles. The van der Waals surface area contributed by atoms with Crippen molar-refractivity contribution in [1.82, 2.24) is 14.9 Å². The lowest BCUT2D eigenvalue weighted by atomic mass is 10.1. The van der Waals surface area contributed by atoms with Crippen LogP contribution in [0.5, 0.6) is 0 Å². The van der Waals surface area contributed by atoms with E-state index in [0.717, 1.165) is 11.9 Å². The van der Waals surface area contributed by atoms with Crippen LogP contribution >= 0.6 is 11.8 Å². The zero-order chi connectivity index (χ0) is 16.7. The maximum Gasteiger partial charge on any atom is 0.234 e. The zero-order valence-corrected chi connectivity index (χ0v) is 13.9. The third kappa shape index (κ3) is 2.67. The minimum absolute atomic E-state index is 0.00874. The van der Waals surface area contributed by atoms with E-state index in [4.69, 9.17) is 0 Å². The van der Waals surface area contributed by atoms with Gasteiger partial charge in [-0.3, -0.25) is 4.79 Å². The van der Waals surface area contributed by atoms with Crippen LogP contribution in [0.15, 0.2) is 47.4 Å². The summed E-state index contributed by atoms with van der Waals surface area (Å²) < 4.78 is 15.2. The fraction of sp³-hybridized carbons (Fsp3) is 0.222. The maximum atomic E-state index is 13.3. The van der Waals surface area contributed by atoms with Crippen LogP contribution < -0.4 is 5.32 Å². The van der Waals surface area contributed by atoms with E-state index in [2.05, 4.69) is 16.4 Å². The van der Waals surface area contributed by atoms with E-state index in [-0.39, 0.29) is 17.0 Å². The molecule has 24 heavy (non-hydrogen) atoms. The van der Waals surface area contributed by atoms with E-state index in [1.54, 1.807) is 17.8 Å². The van der Waals surface area contributed by atoms with Crippen LogP contribution in [0.4, 0.5) is 4.39 Å². The molecular weight excluding hydrogens is 325 g/mol. The third-order valence-electron chi connectivity index (χ3n) is 4.30. The molecule has 1 N–H and O–H groups in total. The Kier molecular flexibility index (Phi) is 3.76. The lowest BCUT2D eigenvalue weighted by Crippen LogP contribution is -2.32. The van der Waals surface area contributed by atoms with Gasteiger partial charge in [0.25, 0.3) is 0 Å². The molecular formula is C18H16FN3OS. The fourth-order valence-electron chi connectivity index (χ4n) is 2.99. The molecule has 0 aliphatic carbocycles. The number of thioether (sulfide) groups is 1. The molecule has 1 aliphatic rings. The Morgan fingerprint density at radius 3 is 3.04 bits per heavy atom. The Balaban J connectivity index is 1.46. The number of rotatable bonds is 3. The molecule has 0 bridgehead atoms. The maximum absolute atomic E-state index is 13.3. The van der Waals surface area contributed by atoms with Crippen LogP contribution in [0.2, 0.25) is 0 Å². The van der Waals surface area contributed by atoms with Crippen molar-refractivity contribution in [1.29, 1.82) is 0 Å². The van der Waals surface area contributed by atoms with Crippen molar-refractivity contribution in [2.75, 3.05) is 0 Å². The first kappa shape index (κ1) is 15.2. The second kappa shape index (κ2) is 5.94. The number of carbonyl (C=O) groups is 1. The van der Waals surface area contributed by atoms with E-state index >= 15 is 0 Å². The van der Waals surface area contributed by atoms with Gasteiger partial charge in [-0.1, -0.05) is 18.2 Å². The smallest absolute Gasteiger partial charge is 0.234 e. The lowest BCUT2D eigenvalue weighted by molar-refractivity contribution is -0.120. The van der Waals surface area contributed by atoms with Gasteiger partial charge < -0.3 is 9.88 Å². The fourth-order valence-corrected chi connectivity index (χ4v) is 4.21. The number of nitrogens with zero attached hydrogens (tertiary/aromatic N) is 2. The number of hydrogen-bond donors (Lipinski definition) is 1. The minimum atomic E-state index is -0.309. The molecule has 0 fully saturated rings.